The van der Waals surface area contributed by atoms with Crippen molar-refractivity contribution in [1.82, 2.24) is 10.2 Å². The molecule has 0 aromatic heterocycles. The van der Waals surface area contributed by atoms with Crippen LogP contribution >= 0.6 is 11.6 Å². The standard InChI is InChI=1S/C20H25ClF2N4O/c1-14(2)11-26-18(24-3)12-25-13-20(23)6-8-27(9-7-20)19(28)15-4-5-17(22)16(21)10-15/h4-5,10-11,25H,3,6-9,12-13H2,1-2H3/b26-18-. The predicted molar refractivity (Wildman–Crippen MR) is 110 cm³/mol. The van der Waals surface area contributed by atoms with E-state index in [9.17, 15) is 9.18 Å². The van der Waals surface area contributed by atoms with Gasteiger partial charge in [-0.15, -0.1) is 0 Å². The first-order valence-corrected chi connectivity index (χ1v) is 9.42. The predicted octanol–water partition coefficient (Wildman–Crippen LogP) is 4.04. The monoisotopic (exact) mass is 410 g/mol. The van der Waals surface area contributed by atoms with Crippen LogP contribution in [-0.2, 0) is 0 Å². The summed E-state index contributed by atoms with van der Waals surface area (Å²) in [6.45, 7) is 8.33. The summed E-state index contributed by atoms with van der Waals surface area (Å²) in [4.78, 5) is 22.1. The summed E-state index contributed by atoms with van der Waals surface area (Å²) in [6.07, 6.45) is 2.11. The molecule has 1 saturated heterocycles. The van der Waals surface area contributed by atoms with Crippen LogP contribution in [0.25, 0.3) is 0 Å². The highest BCUT2D eigenvalue weighted by Crippen LogP contribution is 2.27. The van der Waals surface area contributed by atoms with Crippen LogP contribution in [-0.4, -0.2) is 55.2 Å². The van der Waals surface area contributed by atoms with Crippen LogP contribution in [0.1, 0.15) is 37.0 Å². The Hall–Kier alpha value is -2.12. The Labute approximate surface area is 169 Å². The average molecular weight is 411 g/mol. The molecular formula is C20H25ClF2N4O. The summed E-state index contributed by atoms with van der Waals surface area (Å²) < 4.78 is 28.3. The summed E-state index contributed by atoms with van der Waals surface area (Å²) in [5.41, 5.74) is -0.0873. The summed E-state index contributed by atoms with van der Waals surface area (Å²) >= 11 is 5.74. The van der Waals surface area contributed by atoms with Gasteiger partial charge in [0.2, 0.25) is 0 Å². The SMILES string of the molecule is C=N/C(CNCC1(F)CCN(C(=O)c2ccc(F)c(Cl)c2)CC1)=N\C=C(C)C. The van der Waals surface area contributed by atoms with Crippen LogP contribution in [0.2, 0.25) is 5.02 Å². The van der Waals surface area contributed by atoms with Crippen molar-refractivity contribution >= 4 is 30.1 Å². The molecule has 5 nitrogen and oxygen atoms in total. The third-order valence-corrected chi connectivity index (χ3v) is 4.78. The molecule has 28 heavy (non-hydrogen) atoms. The molecule has 1 aliphatic heterocycles. The van der Waals surface area contributed by atoms with E-state index in [1.165, 1.54) is 12.1 Å². The average Bonchev–Trinajstić information content (AvgIpc) is 2.66. The lowest BCUT2D eigenvalue weighted by molar-refractivity contribution is 0.0440. The van der Waals surface area contributed by atoms with Crippen molar-refractivity contribution in [2.45, 2.75) is 32.4 Å². The van der Waals surface area contributed by atoms with Crippen LogP contribution in [0.3, 0.4) is 0 Å². The van der Waals surface area contributed by atoms with Gasteiger partial charge >= 0.3 is 0 Å². The van der Waals surface area contributed by atoms with Gasteiger partial charge in [0.25, 0.3) is 5.91 Å². The maximum atomic E-state index is 15.0. The Morgan fingerprint density at radius 3 is 2.64 bits per heavy atom. The van der Waals surface area contributed by atoms with E-state index in [1.807, 2.05) is 13.8 Å². The van der Waals surface area contributed by atoms with Crippen LogP contribution in [0.5, 0.6) is 0 Å². The van der Waals surface area contributed by atoms with Crippen molar-refractivity contribution in [1.29, 1.82) is 0 Å². The van der Waals surface area contributed by atoms with Gasteiger partial charge in [-0.2, -0.15) is 0 Å². The zero-order chi connectivity index (χ0) is 20.7. The normalized spacial score (nSPS) is 16.6. The summed E-state index contributed by atoms with van der Waals surface area (Å²) in [6, 6.07) is 3.84. The second-order valence-corrected chi connectivity index (χ2v) is 7.49. The lowest BCUT2D eigenvalue weighted by Crippen LogP contribution is -2.49. The van der Waals surface area contributed by atoms with E-state index >= 15 is 4.39 Å². The molecule has 1 aromatic rings. The fraction of sp³-hybridized carbons (Fsp3) is 0.450. The van der Waals surface area contributed by atoms with Gasteiger partial charge in [0, 0.05) is 44.2 Å². The number of nitrogens with zero attached hydrogens (tertiary/aromatic N) is 3. The minimum absolute atomic E-state index is 0.103. The fourth-order valence-electron chi connectivity index (χ4n) is 2.84. The van der Waals surface area contributed by atoms with E-state index in [0.717, 1.165) is 11.6 Å². The molecule has 0 unspecified atom stereocenters. The quantitative estimate of drug-likeness (QED) is 0.568. The molecule has 1 aliphatic rings. The highest BCUT2D eigenvalue weighted by Gasteiger charge is 2.36. The van der Waals surface area contributed by atoms with E-state index in [1.54, 1.807) is 11.1 Å². The minimum Gasteiger partial charge on any atom is -0.338 e. The molecule has 0 spiro atoms. The van der Waals surface area contributed by atoms with E-state index in [0.29, 0.717) is 17.9 Å². The smallest absolute Gasteiger partial charge is 0.253 e. The number of likely N-dealkylation sites (tertiary alicyclic amines) is 1. The maximum absolute atomic E-state index is 15.0. The minimum atomic E-state index is -1.42. The van der Waals surface area contributed by atoms with Crippen molar-refractivity contribution < 1.29 is 13.6 Å². The number of nitrogens with one attached hydrogen (secondary N) is 1. The number of carbonyl (C=O) groups excluding carboxylic acids is 1. The number of hydrogen-bond donors (Lipinski definition) is 1. The second-order valence-electron chi connectivity index (χ2n) is 7.09. The van der Waals surface area contributed by atoms with Gasteiger partial charge in [0.1, 0.15) is 17.3 Å². The number of hydrogen-bond acceptors (Lipinski definition) is 3. The van der Waals surface area contributed by atoms with Crippen LogP contribution in [0, 0.1) is 5.82 Å². The van der Waals surface area contributed by atoms with Crippen molar-refractivity contribution in [2.24, 2.45) is 9.98 Å². The number of benzene rings is 1. The Kier molecular flexibility index (Phi) is 7.83. The maximum Gasteiger partial charge on any atom is 0.253 e. The van der Waals surface area contributed by atoms with Crippen LogP contribution < -0.4 is 5.32 Å². The number of carbonyl (C=O) groups is 1. The molecule has 1 heterocycles. The zero-order valence-electron chi connectivity index (χ0n) is 16.1. The first-order valence-electron chi connectivity index (χ1n) is 9.05. The van der Waals surface area contributed by atoms with Crippen LogP contribution in [0.15, 0.2) is 40.0 Å². The highest BCUT2D eigenvalue weighted by atomic mass is 35.5. The molecule has 0 radical (unpaired) electrons. The largest absolute Gasteiger partial charge is 0.338 e. The van der Waals surface area contributed by atoms with Gasteiger partial charge < -0.3 is 10.2 Å². The van der Waals surface area contributed by atoms with Crippen molar-refractivity contribution in [3.63, 3.8) is 0 Å². The number of rotatable bonds is 6. The molecule has 2 rings (SSSR count). The van der Waals surface area contributed by atoms with Gasteiger partial charge in [0.05, 0.1) is 11.6 Å². The lowest BCUT2D eigenvalue weighted by atomic mass is 9.92. The number of aliphatic imine (C=N–C) groups is 2. The fourth-order valence-corrected chi connectivity index (χ4v) is 3.02. The molecule has 0 saturated carbocycles. The van der Waals surface area contributed by atoms with E-state index in [-0.39, 0.29) is 43.4 Å². The van der Waals surface area contributed by atoms with Gasteiger partial charge in [-0.25, -0.2) is 18.8 Å². The number of halogens is 3. The van der Waals surface area contributed by atoms with Crippen molar-refractivity contribution in [3.8, 4) is 0 Å². The van der Waals surface area contributed by atoms with Gasteiger partial charge in [-0.3, -0.25) is 4.79 Å². The molecule has 1 N–H and O–H groups in total. The van der Waals surface area contributed by atoms with E-state index in [4.69, 9.17) is 11.6 Å². The van der Waals surface area contributed by atoms with Crippen molar-refractivity contribution in [2.75, 3.05) is 26.2 Å². The molecule has 8 heteroatoms. The molecule has 152 valence electrons. The van der Waals surface area contributed by atoms with E-state index in [2.05, 4.69) is 22.0 Å². The van der Waals surface area contributed by atoms with Gasteiger partial charge in [-0.1, -0.05) is 17.2 Å². The summed E-state index contributed by atoms with van der Waals surface area (Å²) in [7, 11) is 0. The van der Waals surface area contributed by atoms with Crippen molar-refractivity contribution in [3.05, 3.63) is 46.4 Å². The van der Waals surface area contributed by atoms with E-state index < -0.39 is 11.5 Å². The molecule has 1 amide bonds. The number of amides is 1. The molecule has 1 fully saturated rings. The lowest BCUT2D eigenvalue weighted by Gasteiger charge is -2.36. The zero-order valence-corrected chi connectivity index (χ0v) is 16.9. The topological polar surface area (TPSA) is 57.1 Å². The molecule has 0 aliphatic carbocycles. The number of allylic oxidation sites excluding steroid dienone is 1. The summed E-state index contributed by atoms with van der Waals surface area (Å²) in [5.74, 6) is -0.360. The number of amidine groups is 1. The van der Waals surface area contributed by atoms with Crippen LogP contribution in [0.4, 0.5) is 8.78 Å². The van der Waals surface area contributed by atoms with Gasteiger partial charge in [0.15, 0.2) is 0 Å². The van der Waals surface area contributed by atoms with Gasteiger partial charge in [-0.05, 0) is 38.8 Å². The molecule has 0 bridgehead atoms. The third-order valence-electron chi connectivity index (χ3n) is 4.49. The second kappa shape index (κ2) is 9.89. The first-order chi connectivity index (χ1) is 13.2. The highest BCUT2D eigenvalue weighted by molar-refractivity contribution is 6.31. The molecular weight excluding hydrogens is 386 g/mol. The Balaban J connectivity index is 1.86. The first kappa shape index (κ1) is 22.2. The number of piperidine rings is 1. The molecule has 0 atom stereocenters. The Bertz CT molecular complexity index is 782. The number of alkyl halides is 1. The Morgan fingerprint density at radius 2 is 2.07 bits per heavy atom. The Morgan fingerprint density at radius 1 is 1.39 bits per heavy atom. The summed E-state index contributed by atoms with van der Waals surface area (Å²) in [5, 5.41) is 2.93. The molecule has 1 aromatic carbocycles. The third kappa shape index (κ3) is 6.21.